The smallest absolute Gasteiger partial charge is 0.239 e. The number of carbonyl (C=O) groups is 2. The highest BCUT2D eigenvalue weighted by molar-refractivity contribution is 6.31. The van der Waals surface area contributed by atoms with Crippen LogP contribution in [0.2, 0.25) is 5.02 Å². The van der Waals surface area contributed by atoms with Gasteiger partial charge in [0.2, 0.25) is 5.91 Å². The van der Waals surface area contributed by atoms with Crippen molar-refractivity contribution in [1.29, 1.82) is 0 Å². The highest BCUT2D eigenvalue weighted by Crippen LogP contribution is 2.48. The lowest BCUT2D eigenvalue weighted by molar-refractivity contribution is -0.120. The zero-order valence-electron chi connectivity index (χ0n) is 24.6. The number of hydrogen-bond acceptors (Lipinski definition) is 5. The Labute approximate surface area is 261 Å². The summed E-state index contributed by atoms with van der Waals surface area (Å²) in [5.41, 5.74) is 4.08. The van der Waals surface area contributed by atoms with E-state index in [0.29, 0.717) is 34.8 Å². The number of carbonyl (C=O) groups excluding carboxylic acids is 2. The van der Waals surface area contributed by atoms with Gasteiger partial charge in [-0.15, -0.1) is 0 Å². The van der Waals surface area contributed by atoms with Crippen LogP contribution < -0.4 is 20.3 Å². The lowest BCUT2D eigenvalue weighted by Gasteiger charge is -2.38. The Hall–Kier alpha value is -4.62. The van der Waals surface area contributed by atoms with Crippen molar-refractivity contribution in [2.24, 2.45) is 5.41 Å². The van der Waals surface area contributed by atoms with Gasteiger partial charge in [-0.05, 0) is 65.4 Å². The normalized spacial score (nSPS) is 17.2. The third-order valence-corrected chi connectivity index (χ3v) is 8.36. The lowest BCUT2D eigenvalue weighted by atomic mass is 9.73. The highest BCUT2D eigenvalue weighted by Gasteiger charge is 2.42. The van der Waals surface area contributed by atoms with Crippen molar-refractivity contribution in [3.63, 3.8) is 0 Å². The minimum absolute atomic E-state index is 0.0158. The number of para-hydroxylation sites is 3. The van der Waals surface area contributed by atoms with Crippen LogP contribution in [0, 0.1) is 11.2 Å². The Kier molecular flexibility index (Phi) is 8.15. The number of Topliss-reactive ketones (excluding diaryl/α,β-unsaturated/α-hetero) is 1. The predicted molar refractivity (Wildman–Crippen MR) is 171 cm³/mol. The molecule has 6 nitrogen and oxygen atoms in total. The Morgan fingerprint density at radius 1 is 1.00 bits per heavy atom. The maximum absolute atomic E-state index is 15.1. The number of hydrogen-bond donors (Lipinski definition) is 2. The second-order valence-corrected chi connectivity index (χ2v) is 12.4. The number of anilines is 2. The maximum Gasteiger partial charge on any atom is 0.239 e. The van der Waals surface area contributed by atoms with Crippen molar-refractivity contribution in [2.45, 2.75) is 39.3 Å². The van der Waals surface area contributed by atoms with Crippen LogP contribution in [-0.2, 0) is 16.1 Å². The molecule has 1 heterocycles. The van der Waals surface area contributed by atoms with E-state index in [-0.39, 0.29) is 35.9 Å². The van der Waals surface area contributed by atoms with Crippen molar-refractivity contribution in [3.05, 3.63) is 130 Å². The fraction of sp³-hybridized carbons (Fsp3) is 0.222. The first-order valence-corrected chi connectivity index (χ1v) is 15.0. The zero-order chi connectivity index (χ0) is 30.8. The molecule has 44 heavy (non-hydrogen) atoms. The Balaban J connectivity index is 1.44. The Morgan fingerprint density at radius 3 is 2.52 bits per heavy atom. The number of ketones is 1. The van der Waals surface area contributed by atoms with Gasteiger partial charge >= 0.3 is 0 Å². The zero-order valence-corrected chi connectivity index (χ0v) is 25.3. The van der Waals surface area contributed by atoms with Crippen molar-refractivity contribution in [2.75, 3.05) is 16.8 Å². The molecule has 6 rings (SSSR count). The summed E-state index contributed by atoms with van der Waals surface area (Å²) >= 11 is 6.34. The third-order valence-electron chi connectivity index (χ3n) is 7.99. The number of halogens is 2. The van der Waals surface area contributed by atoms with Crippen LogP contribution >= 0.6 is 11.6 Å². The molecule has 0 radical (unpaired) electrons. The molecule has 0 saturated carbocycles. The van der Waals surface area contributed by atoms with Crippen LogP contribution in [0.1, 0.15) is 43.9 Å². The maximum atomic E-state index is 15.1. The molecule has 1 aliphatic carbocycles. The fourth-order valence-corrected chi connectivity index (χ4v) is 6.21. The molecule has 1 atom stereocenters. The van der Waals surface area contributed by atoms with E-state index in [9.17, 15) is 9.59 Å². The van der Waals surface area contributed by atoms with E-state index >= 15 is 4.39 Å². The molecule has 224 valence electrons. The van der Waals surface area contributed by atoms with E-state index in [2.05, 4.69) is 24.5 Å². The number of nitrogens with one attached hydrogen (secondary N) is 2. The summed E-state index contributed by atoms with van der Waals surface area (Å²) in [5.74, 6) is -0.270. The summed E-state index contributed by atoms with van der Waals surface area (Å²) in [7, 11) is 0. The van der Waals surface area contributed by atoms with Crippen LogP contribution in [0.15, 0.2) is 108 Å². The minimum atomic E-state index is -0.686. The van der Waals surface area contributed by atoms with Gasteiger partial charge < -0.3 is 20.3 Å². The van der Waals surface area contributed by atoms with E-state index in [4.69, 9.17) is 16.3 Å². The molecule has 0 spiro atoms. The molecular weight excluding hydrogens is 577 g/mol. The van der Waals surface area contributed by atoms with Gasteiger partial charge in [-0.3, -0.25) is 9.59 Å². The minimum Gasteiger partial charge on any atom is -0.454 e. The van der Waals surface area contributed by atoms with E-state index in [1.54, 1.807) is 30.3 Å². The summed E-state index contributed by atoms with van der Waals surface area (Å²) in [5, 5.41) is 7.10. The number of amides is 1. The number of benzene rings is 4. The average Bonchev–Trinajstić information content (AvgIpc) is 3.12. The second-order valence-electron chi connectivity index (χ2n) is 12.0. The van der Waals surface area contributed by atoms with Crippen LogP contribution in [-0.4, -0.2) is 18.2 Å². The Bertz CT molecular complexity index is 1750. The number of nitrogens with zero attached hydrogens (tertiary/aromatic N) is 1. The van der Waals surface area contributed by atoms with Gasteiger partial charge in [0.05, 0.1) is 24.0 Å². The average molecular weight is 610 g/mol. The first-order valence-electron chi connectivity index (χ1n) is 14.6. The van der Waals surface area contributed by atoms with Gasteiger partial charge in [-0.2, -0.15) is 0 Å². The summed E-state index contributed by atoms with van der Waals surface area (Å²) in [6, 6.07) is 28.0. The molecule has 2 N–H and O–H groups in total. The van der Waals surface area contributed by atoms with Gasteiger partial charge in [0, 0.05) is 29.3 Å². The predicted octanol–water partition coefficient (Wildman–Crippen LogP) is 8.20. The van der Waals surface area contributed by atoms with Crippen molar-refractivity contribution < 1.29 is 18.7 Å². The van der Waals surface area contributed by atoms with Crippen LogP contribution in [0.4, 0.5) is 15.8 Å². The molecule has 8 heteroatoms. The summed E-state index contributed by atoms with van der Waals surface area (Å²) in [6.07, 6.45) is 0.988. The van der Waals surface area contributed by atoms with Gasteiger partial charge in [-0.25, -0.2) is 4.39 Å². The van der Waals surface area contributed by atoms with E-state index in [1.807, 2.05) is 65.6 Å². The lowest BCUT2D eigenvalue weighted by Crippen LogP contribution is -2.42. The highest BCUT2D eigenvalue weighted by atomic mass is 35.5. The monoisotopic (exact) mass is 609 g/mol. The third kappa shape index (κ3) is 6.19. The SMILES string of the molecule is CC1(C)CC(=O)C2=C(C1)Nc1ccccc1N(CC(=O)NCc1ccccc1Cl)C2c1ccc(F)c(Oc2ccccc2)c1. The Morgan fingerprint density at radius 2 is 1.73 bits per heavy atom. The largest absolute Gasteiger partial charge is 0.454 e. The number of rotatable bonds is 7. The molecule has 1 unspecified atom stereocenters. The molecule has 1 amide bonds. The molecule has 4 aromatic rings. The summed E-state index contributed by atoms with van der Waals surface area (Å²) in [6.45, 7) is 4.34. The molecule has 0 saturated heterocycles. The molecule has 0 fully saturated rings. The quantitative estimate of drug-likeness (QED) is 0.221. The number of allylic oxidation sites excluding steroid dienone is 1. The van der Waals surface area contributed by atoms with Gasteiger partial charge in [0.15, 0.2) is 17.3 Å². The molecule has 0 bridgehead atoms. The molecule has 4 aromatic carbocycles. The topological polar surface area (TPSA) is 70.7 Å². The molecular formula is C36H33ClFN3O3. The van der Waals surface area contributed by atoms with Crippen molar-refractivity contribution >= 4 is 34.7 Å². The molecule has 1 aliphatic heterocycles. The van der Waals surface area contributed by atoms with Crippen LogP contribution in [0.5, 0.6) is 11.5 Å². The molecule has 2 aliphatic rings. The first-order chi connectivity index (χ1) is 21.2. The number of ether oxygens (including phenoxy) is 1. The second kappa shape index (κ2) is 12.2. The van der Waals surface area contributed by atoms with Gasteiger partial charge in [0.1, 0.15) is 5.75 Å². The summed E-state index contributed by atoms with van der Waals surface area (Å²) < 4.78 is 21.1. The van der Waals surface area contributed by atoms with E-state index < -0.39 is 11.9 Å². The standard InChI is InChI=1S/C36H33ClFN3O3/c1-36(2)19-29-34(31(42)20-36)35(23-16-17-27(38)32(18-23)44-25-11-4-3-5-12-25)41(30-15-9-8-14-28(30)40-29)22-33(43)39-21-24-10-6-7-13-26(24)37/h3-18,35,40H,19-22H2,1-2H3,(H,39,43). The summed E-state index contributed by atoms with van der Waals surface area (Å²) in [4.78, 5) is 29.5. The van der Waals surface area contributed by atoms with E-state index in [0.717, 1.165) is 22.6 Å². The van der Waals surface area contributed by atoms with Gasteiger partial charge in [-0.1, -0.05) is 80.0 Å². The van der Waals surface area contributed by atoms with Gasteiger partial charge in [0.25, 0.3) is 0 Å². The molecule has 0 aromatic heterocycles. The van der Waals surface area contributed by atoms with Crippen LogP contribution in [0.25, 0.3) is 0 Å². The van der Waals surface area contributed by atoms with Crippen LogP contribution in [0.3, 0.4) is 0 Å². The first kappa shape index (κ1) is 29.5. The fourth-order valence-electron chi connectivity index (χ4n) is 6.00. The van der Waals surface area contributed by atoms with Crippen molar-refractivity contribution in [1.82, 2.24) is 5.32 Å². The number of fused-ring (bicyclic) bond motifs is 1. The van der Waals surface area contributed by atoms with E-state index in [1.165, 1.54) is 6.07 Å². The van der Waals surface area contributed by atoms with Crippen molar-refractivity contribution in [3.8, 4) is 11.5 Å².